The van der Waals surface area contributed by atoms with Crippen LogP contribution in [0.2, 0.25) is 0 Å². The maximum Gasteiger partial charge on any atom is 0.149 e. The van der Waals surface area contributed by atoms with Crippen LogP contribution in [0.15, 0.2) is 30.5 Å². The van der Waals surface area contributed by atoms with Crippen LogP contribution < -0.4 is 0 Å². The number of fused-ring (bicyclic) bond motifs is 3. The quantitative estimate of drug-likeness (QED) is 0.739. The smallest absolute Gasteiger partial charge is 0.149 e. The predicted molar refractivity (Wildman–Crippen MR) is 83.0 cm³/mol. The molecule has 0 aliphatic carbocycles. The van der Waals surface area contributed by atoms with Gasteiger partial charge in [-0.3, -0.25) is 0 Å². The van der Waals surface area contributed by atoms with Gasteiger partial charge in [-0.05, 0) is 45.1 Å². The lowest BCUT2D eigenvalue weighted by Crippen LogP contribution is -2.29. The van der Waals surface area contributed by atoms with E-state index < -0.39 is 0 Å². The zero-order chi connectivity index (χ0) is 14.4. The standard InChI is InChI=1S/C17H18FN3/c1-21-9-6-11(7-10-21)15-13-5-8-19-16(13)12-3-2-4-14(18)17(12)20-15/h2-5,8,11,19H,6-7,9-10H2,1H3. The van der Waals surface area contributed by atoms with E-state index in [0.29, 0.717) is 11.4 Å². The summed E-state index contributed by atoms with van der Waals surface area (Å²) in [6, 6.07) is 7.24. The van der Waals surface area contributed by atoms with E-state index in [-0.39, 0.29) is 5.82 Å². The first-order chi connectivity index (χ1) is 10.2. The van der Waals surface area contributed by atoms with Gasteiger partial charge < -0.3 is 9.88 Å². The van der Waals surface area contributed by atoms with Crippen LogP contribution >= 0.6 is 0 Å². The first kappa shape index (κ1) is 12.8. The molecule has 1 aromatic carbocycles. The molecule has 3 nitrogen and oxygen atoms in total. The van der Waals surface area contributed by atoms with Crippen LogP contribution in [0.4, 0.5) is 4.39 Å². The Morgan fingerprint density at radius 1 is 1.19 bits per heavy atom. The Balaban J connectivity index is 1.94. The molecule has 4 rings (SSSR count). The zero-order valence-corrected chi connectivity index (χ0v) is 12.1. The number of pyridine rings is 1. The van der Waals surface area contributed by atoms with Crippen molar-refractivity contribution in [1.82, 2.24) is 14.9 Å². The fourth-order valence-electron chi connectivity index (χ4n) is 3.41. The highest BCUT2D eigenvalue weighted by Gasteiger charge is 2.23. The van der Waals surface area contributed by atoms with Gasteiger partial charge in [0.05, 0.1) is 11.2 Å². The molecule has 1 N–H and O–H groups in total. The Morgan fingerprint density at radius 2 is 2.00 bits per heavy atom. The molecule has 0 radical (unpaired) electrons. The van der Waals surface area contributed by atoms with Crippen molar-refractivity contribution in [1.29, 1.82) is 0 Å². The number of aromatic amines is 1. The van der Waals surface area contributed by atoms with E-state index in [1.54, 1.807) is 6.07 Å². The van der Waals surface area contributed by atoms with Gasteiger partial charge in [-0.15, -0.1) is 0 Å². The second-order valence-electron chi connectivity index (χ2n) is 5.98. The molecule has 108 valence electrons. The molecule has 1 fully saturated rings. The Labute approximate surface area is 122 Å². The fraction of sp³-hybridized carbons (Fsp3) is 0.353. The van der Waals surface area contributed by atoms with Crippen LogP contribution in [-0.4, -0.2) is 35.0 Å². The molecule has 1 saturated heterocycles. The van der Waals surface area contributed by atoms with E-state index in [9.17, 15) is 4.39 Å². The summed E-state index contributed by atoms with van der Waals surface area (Å²) in [6.45, 7) is 2.15. The maximum atomic E-state index is 14.1. The predicted octanol–water partition coefficient (Wildman–Crippen LogP) is 3.66. The van der Waals surface area contributed by atoms with Crippen LogP contribution in [-0.2, 0) is 0 Å². The minimum Gasteiger partial charge on any atom is -0.361 e. The number of nitrogens with one attached hydrogen (secondary N) is 1. The highest BCUT2D eigenvalue weighted by atomic mass is 19.1. The second kappa shape index (κ2) is 4.81. The third kappa shape index (κ3) is 2.02. The molecule has 1 aliphatic rings. The van der Waals surface area contributed by atoms with Gasteiger partial charge in [0, 0.05) is 22.9 Å². The fourth-order valence-corrected chi connectivity index (χ4v) is 3.41. The van der Waals surface area contributed by atoms with E-state index in [4.69, 9.17) is 4.98 Å². The van der Waals surface area contributed by atoms with Gasteiger partial charge in [0.1, 0.15) is 11.3 Å². The number of piperidine rings is 1. The normalized spacial score (nSPS) is 17.8. The van der Waals surface area contributed by atoms with Gasteiger partial charge in [0.15, 0.2) is 0 Å². The first-order valence-electron chi connectivity index (χ1n) is 7.48. The lowest BCUT2D eigenvalue weighted by Gasteiger charge is -2.29. The van der Waals surface area contributed by atoms with Gasteiger partial charge in [-0.2, -0.15) is 0 Å². The van der Waals surface area contributed by atoms with Crippen LogP contribution in [0.25, 0.3) is 21.8 Å². The Hall–Kier alpha value is -1.94. The third-order valence-electron chi connectivity index (χ3n) is 4.62. The average Bonchev–Trinajstić information content (AvgIpc) is 2.98. The lowest BCUT2D eigenvalue weighted by atomic mass is 9.91. The summed E-state index contributed by atoms with van der Waals surface area (Å²) < 4.78 is 14.1. The highest BCUT2D eigenvalue weighted by molar-refractivity contribution is 6.04. The molecule has 4 heteroatoms. The SMILES string of the molecule is CN1CCC(c2nc3c(F)cccc3c3[nH]ccc23)CC1. The minimum absolute atomic E-state index is 0.238. The summed E-state index contributed by atoms with van der Waals surface area (Å²) in [6.07, 6.45) is 4.10. The van der Waals surface area contributed by atoms with Gasteiger partial charge in [-0.25, -0.2) is 9.37 Å². The Morgan fingerprint density at radius 3 is 2.81 bits per heavy atom. The van der Waals surface area contributed by atoms with E-state index in [0.717, 1.165) is 47.9 Å². The van der Waals surface area contributed by atoms with Crippen LogP contribution in [0.5, 0.6) is 0 Å². The number of nitrogens with zero attached hydrogens (tertiary/aromatic N) is 2. The molecule has 21 heavy (non-hydrogen) atoms. The summed E-state index contributed by atoms with van der Waals surface area (Å²) in [4.78, 5) is 10.3. The van der Waals surface area contributed by atoms with Crippen LogP contribution in [0.1, 0.15) is 24.5 Å². The molecular formula is C17H18FN3. The van der Waals surface area contributed by atoms with Crippen LogP contribution in [0.3, 0.4) is 0 Å². The molecule has 1 aliphatic heterocycles. The number of aromatic nitrogens is 2. The first-order valence-corrected chi connectivity index (χ1v) is 7.48. The molecule has 0 amide bonds. The highest BCUT2D eigenvalue weighted by Crippen LogP contribution is 2.34. The van der Waals surface area contributed by atoms with E-state index in [1.165, 1.54) is 6.07 Å². The Kier molecular flexibility index (Phi) is 2.93. The topological polar surface area (TPSA) is 31.9 Å². The molecule has 3 heterocycles. The van der Waals surface area contributed by atoms with E-state index >= 15 is 0 Å². The molecule has 0 unspecified atom stereocenters. The molecule has 0 spiro atoms. The molecule has 0 atom stereocenters. The molecule has 2 aromatic heterocycles. The van der Waals surface area contributed by atoms with Crippen molar-refractivity contribution >= 4 is 21.8 Å². The monoisotopic (exact) mass is 283 g/mol. The summed E-state index contributed by atoms with van der Waals surface area (Å²) in [5, 5.41) is 2.01. The summed E-state index contributed by atoms with van der Waals surface area (Å²) >= 11 is 0. The van der Waals surface area contributed by atoms with Crippen LogP contribution in [0, 0.1) is 5.82 Å². The van der Waals surface area contributed by atoms with Gasteiger partial charge in [-0.1, -0.05) is 12.1 Å². The van der Waals surface area contributed by atoms with Gasteiger partial charge in [0.25, 0.3) is 0 Å². The molecule has 3 aromatic rings. The molecule has 0 bridgehead atoms. The van der Waals surface area contributed by atoms with Crippen molar-refractivity contribution in [3.63, 3.8) is 0 Å². The van der Waals surface area contributed by atoms with Crippen molar-refractivity contribution < 1.29 is 4.39 Å². The number of likely N-dealkylation sites (tertiary alicyclic amines) is 1. The van der Waals surface area contributed by atoms with Crippen molar-refractivity contribution in [2.24, 2.45) is 0 Å². The summed E-state index contributed by atoms with van der Waals surface area (Å²) in [5.74, 6) is 0.182. The molecular weight excluding hydrogens is 265 g/mol. The number of rotatable bonds is 1. The third-order valence-corrected chi connectivity index (χ3v) is 4.62. The van der Waals surface area contributed by atoms with Crippen molar-refractivity contribution in [3.05, 3.63) is 42.0 Å². The van der Waals surface area contributed by atoms with Gasteiger partial charge in [0.2, 0.25) is 0 Å². The van der Waals surface area contributed by atoms with E-state index in [1.807, 2.05) is 12.3 Å². The zero-order valence-electron chi connectivity index (χ0n) is 12.1. The number of halogens is 1. The van der Waals surface area contributed by atoms with Crippen molar-refractivity contribution in [3.8, 4) is 0 Å². The lowest BCUT2D eigenvalue weighted by molar-refractivity contribution is 0.254. The van der Waals surface area contributed by atoms with E-state index in [2.05, 4.69) is 23.0 Å². The van der Waals surface area contributed by atoms with Crippen molar-refractivity contribution in [2.45, 2.75) is 18.8 Å². The largest absolute Gasteiger partial charge is 0.361 e. The number of H-pyrrole nitrogens is 1. The summed E-state index contributed by atoms with van der Waals surface area (Å²) in [5.41, 5.74) is 2.55. The minimum atomic E-state index is -0.238. The number of para-hydroxylation sites is 1. The average molecular weight is 283 g/mol. The maximum absolute atomic E-state index is 14.1. The molecule has 0 saturated carbocycles. The Bertz CT molecular complexity index is 800. The van der Waals surface area contributed by atoms with Crippen molar-refractivity contribution in [2.75, 3.05) is 20.1 Å². The number of benzene rings is 1. The van der Waals surface area contributed by atoms with Gasteiger partial charge >= 0.3 is 0 Å². The second-order valence-corrected chi connectivity index (χ2v) is 5.98. The number of hydrogen-bond donors (Lipinski definition) is 1. The summed E-state index contributed by atoms with van der Waals surface area (Å²) in [7, 11) is 2.15. The number of hydrogen-bond acceptors (Lipinski definition) is 2.